The molecule has 0 fully saturated rings. The molecule has 20 heavy (non-hydrogen) atoms. The summed E-state index contributed by atoms with van der Waals surface area (Å²) in [7, 11) is 0. The highest BCUT2D eigenvalue weighted by atomic mass is 79.9. The molecule has 1 heterocycles. The summed E-state index contributed by atoms with van der Waals surface area (Å²) >= 11 is 3.39. The number of anilines is 1. The molecule has 0 spiro atoms. The summed E-state index contributed by atoms with van der Waals surface area (Å²) in [6.45, 7) is 0. The van der Waals surface area contributed by atoms with Crippen molar-refractivity contribution in [1.29, 1.82) is 0 Å². The van der Waals surface area contributed by atoms with E-state index in [9.17, 15) is 4.39 Å². The van der Waals surface area contributed by atoms with Gasteiger partial charge in [-0.15, -0.1) is 0 Å². The van der Waals surface area contributed by atoms with E-state index in [0.29, 0.717) is 16.8 Å². The Balaban J connectivity index is 2.20. The van der Waals surface area contributed by atoms with Crippen molar-refractivity contribution in [3.63, 3.8) is 0 Å². The van der Waals surface area contributed by atoms with Gasteiger partial charge < -0.3 is 5.73 Å². The summed E-state index contributed by atoms with van der Waals surface area (Å²) in [5.74, 6) is -0.0352. The number of benzene rings is 2. The van der Waals surface area contributed by atoms with Crippen LogP contribution in [0.2, 0.25) is 0 Å². The first-order chi connectivity index (χ1) is 9.66. The maximum absolute atomic E-state index is 14.0. The monoisotopic (exact) mass is 331 g/mol. The molecule has 100 valence electrons. The maximum Gasteiger partial charge on any atom is 0.153 e. The van der Waals surface area contributed by atoms with Crippen LogP contribution in [0.25, 0.3) is 22.4 Å². The van der Waals surface area contributed by atoms with Gasteiger partial charge in [0.15, 0.2) is 5.82 Å². The van der Waals surface area contributed by atoms with Gasteiger partial charge in [0.2, 0.25) is 0 Å². The Morgan fingerprint density at radius 3 is 2.45 bits per heavy atom. The van der Waals surface area contributed by atoms with E-state index in [1.807, 2.05) is 24.3 Å². The van der Waals surface area contributed by atoms with Gasteiger partial charge in [-0.2, -0.15) is 5.10 Å². The number of aromatic nitrogens is 2. The summed E-state index contributed by atoms with van der Waals surface area (Å²) in [5, 5.41) is 6.89. The molecule has 0 bridgehead atoms. The van der Waals surface area contributed by atoms with E-state index in [2.05, 4.69) is 26.1 Å². The van der Waals surface area contributed by atoms with Crippen molar-refractivity contribution in [3.05, 3.63) is 58.8 Å². The van der Waals surface area contributed by atoms with Gasteiger partial charge in [-0.3, -0.25) is 5.10 Å². The Bertz CT molecular complexity index is 750. The zero-order valence-corrected chi connectivity index (χ0v) is 12.0. The van der Waals surface area contributed by atoms with Crippen LogP contribution in [0.4, 0.5) is 10.2 Å². The first kappa shape index (κ1) is 12.9. The summed E-state index contributed by atoms with van der Waals surface area (Å²) in [6.07, 6.45) is 0. The fourth-order valence-electron chi connectivity index (χ4n) is 2.12. The first-order valence-electron chi connectivity index (χ1n) is 6.01. The maximum atomic E-state index is 14.0. The van der Waals surface area contributed by atoms with E-state index in [1.54, 1.807) is 18.2 Å². The molecule has 3 rings (SSSR count). The molecule has 0 aliphatic rings. The molecule has 0 unspecified atom stereocenters. The van der Waals surface area contributed by atoms with Crippen LogP contribution < -0.4 is 5.73 Å². The highest BCUT2D eigenvalue weighted by Gasteiger charge is 2.17. The number of nitrogens with two attached hydrogens (primary N) is 1. The summed E-state index contributed by atoms with van der Waals surface area (Å²) in [6, 6.07) is 14.2. The Morgan fingerprint density at radius 2 is 1.75 bits per heavy atom. The molecule has 3 aromatic rings. The van der Waals surface area contributed by atoms with Crippen LogP contribution in [0.1, 0.15) is 0 Å². The third-order valence-corrected chi connectivity index (χ3v) is 3.60. The predicted octanol–water partition coefficient (Wildman–Crippen LogP) is 4.23. The second kappa shape index (κ2) is 5.09. The van der Waals surface area contributed by atoms with Gasteiger partial charge in [0, 0.05) is 15.6 Å². The fourth-order valence-corrected chi connectivity index (χ4v) is 2.38. The molecule has 3 N–H and O–H groups in total. The molecule has 0 saturated heterocycles. The number of rotatable bonds is 2. The quantitative estimate of drug-likeness (QED) is 0.738. The molecule has 1 aromatic heterocycles. The van der Waals surface area contributed by atoms with E-state index in [4.69, 9.17) is 5.73 Å². The van der Waals surface area contributed by atoms with Gasteiger partial charge in [-0.25, -0.2) is 4.39 Å². The van der Waals surface area contributed by atoms with E-state index >= 15 is 0 Å². The lowest BCUT2D eigenvalue weighted by atomic mass is 10.0. The molecule has 3 nitrogen and oxygen atoms in total. The molecular formula is C15H11BrFN3. The number of nitrogen functional groups attached to an aromatic ring is 1. The summed E-state index contributed by atoms with van der Waals surface area (Å²) in [4.78, 5) is 0. The second-order valence-corrected chi connectivity index (χ2v) is 5.26. The van der Waals surface area contributed by atoms with E-state index in [0.717, 1.165) is 10.0 Å². The van der Waals surface area contributed by atoms with Crippen LogP contribution in [0.3, 0.4) is 0 Å². The Hall–Kier alpha value is -2.14. The lowest BCUT2D eigenvalue weighted by Crippen LogP contribution is -1.91. The molecule has 0 aliphatic heterocycles. The fraction of sp³-hybridized carbons (Fsp3) is 0. The molecule has 2 aromatic carbocycles. The van der Waals surface area contributed by atoms with Crippen molar-refractivity contribution < 1.29 is 4.39 Å². The van der Waals surface area contributed by atoms with Crippen molar-refractivity contribution in [2.45, 2.75) is 0 Å². The topological polar surface area (TPSA) is 54.7 Å². The first-order valence-corrected chi connectivity index (χ1v) is 6.81. The summed E-state index contributed by atoms with van der Waals surface area (Å²) in [5.41, 5.74) is 8.53. The SMILES string of the molecule is Nc1n[nH]c(-c2ccc(Br)cc2)c1-c1ccccc1F. The molecule has 0 saturated carbocycles. The van der Waals surface area contributed by atoms with E-state index < -0.39 is 0 Å². The average Bonchev–Trinajstić information content (AvgIpc) is 2.82. The van der Waals surface area contributed by atoms with Crippen LogP contribution >= 0.6 is 15.9 Å². The predicted molar refractivity (Wildman–Crippen MR) is 81.5 cm³/mol. The zero-order valence-electron chi connectivity index (χ0n) is 10.4. The molecule has 0 amide bonds. The van der Waals surface area contributed by atoms with Gasteiger partial charge in [0.05, 0.1) is 11.3 Å². The highest BCUT2D eigenvalue weighted by molar-refractivity contribution is 9.10. The Kier molecular flexibility index (Phi) is 3.28. The molecule has 0 atom stereocenters. The minimum absolute atomic E-state index is 0.285. The standard InChI is InChI=1S/C15H11BrFN3/c16-10-7-5-9(6-8-10)14-13(15(18)20-19-14)11-3-1-2-4-12(11)17/h1-8H,(H3,18,19,20). The van der Waals surface area contributed by atoms with Gasteiger partial charge in [-0.1, -0.05) is 46.3 Å². The van der Waals surface area contributed by atoms with Crippen molar-refractivity contribution in [3.8, 4) is 22.4 Å². The Morgan fingerprint density at radius 1 is 1.05 bits per heavy atom. The van der Waals surface area contributed by atoms with Gasteiger partial charge in [0.25, 0.3) is 0 Å². The van der Waals surface area contributed by atoms with Crippen molar-refractivity contribution in [2.24, 2.45) is 0 Å². The third-order valence-electron chi connectivity index (χ3n) is 3.07. The minimum atomic E-state index is -0.320. The number of hydrogen-bond donors (Lipinski definition) is 2. The lowest BCUT2D eigenvalue weighted by molar-refractivity contribution is 0.631. The largest absolute Gasteiger partial charge is 0.382 e. The van der Waals surface area contributed by atoms with Crippen molar-refractivity contribution >= 4 is 21.7 Å². The van der Waals surface area contributed by atoms with E-state index in [-0.39, 0.29) is 11.6 Å². The van der Waals surface area contributed by atoms with Crippen LogP contribution in [0.5, 0.6) is 0 Å². The van der Waals surface area contributed by atoms with Gasteiger partial charge >= 0.3 is 0 Å². The van der Waals surface area contributed by atoms with Crippen LogP contribution in [0.15, 0.2) is 53.0 Å². The van der Waals surface area contributed by atoms with Crippen molar-refractivity contribution in [2.75, 3.05) is 5.73 Å². The molecular weight excluding hydrogens is 321 g/mol. The van der Waals surface area contributed by atoms with Crippen LogP contribution in [-0.4, -0.2) is 10.2 Å². The van der Waals surface area contributed by atoms with Gasteiger partial charge in [-0.05, 0) is 18.2 Å². The number of aromatic amines is 1. The number of nitrogens with zero attached hydrogens (tertiary/aromatic N) is 1. The average molecular weight is 332 g/mol. The molecule has 0 radical (unpaired) electrons. The number of H-pyrrole nitrogens is 1. The minimum Gasteiger partial charge on any atom is -0.382 e. The van der Waals surface area contributed by atoms with Crippen LogP contribution in [-0.2, 0) is 0 Å². The normalized spacial score (nSPS) is 10.7. The number of nitrogens with one attached hydrogen (secondary N) is 1. The van der Waals surface area contributed by atoms with Gasteiger partial charge in [0.1, 0.15) is 5.82 Å². The number of hydrogen-bond acceptors (Lipinski definition) is 2. The van der Waals surface area contributed by atoms with E-state index in [1.165, 1.54) is 6.07 Å². The number of halogens is 2. The molecule has 5 heteroatoms. The Labute approximate surface area is 123 Å². The zero-order chi connectivity index (χ0) is 14.1. The smallest absolute Gasteiger partial charge is 0.153 e. The highest BCUT2D eigenvalue weighted by Crippen LogP contribution is 2.36. The third kappa shape index (κ3) is 2.20. The molecule has 0 aliphatic carbocycles. The second-order valence-electron chi connectivity index (χ2n) is 4.35. The van der Waals surface area contributed by atoms with Crippen LogP contribution in [0, 0.1) is 5.82 Å². The van der Waals surface area contributed by atoms with Crippen molar-refractivity contribution in [1.82, 2.24) is 10.2 Å². The lowest BCUT2D eigenvalue weighted by Gasteiger charge is -2.06. The summed E-state index contributed by atoms with van der Waals surface area (Å²) < 4.78 is 15.0.